The Kier molecular flexibility index (Phi) is 8.45. The topological polar surface area (TPSA) is 201 Å². The van der Waals surface area contributed by atoms with Crippen LogP contribution in [0.3, 0.4) is 0 Å². The van der Waals surface area contributed by atoms with Crippen molar-refractivity contribution in [2.45, 2.75) is 25.7 Å². The van der Waals surface area contributed by atoms with Gasteiger partial charge >= 0.3 is 0 Å². The average molecular weight is 379 g/mol. The first-order valence-corrected chi connectivity index (χ1v) is 7.57. The minimum Gasteiger partial charge on any atom is -0.550 e. The van der Waals surface area contributed by atoms with Crippen molar-refractivity contribution in [2.75, 3.05) is 7.11 Å². The first kappa shape index (κ1) is 23.9. The fourth-order valence-corrected chi connectivity index (χ4v) is 2.65. The van der Waals surface area contributed by atoms with Crippen LogP contribution in [-0.4, -0.2) is 34.0 Å². The summed E-state index contributed by atoms with van der Waals surface area (Å²) < 4.78 is 5.17. The van der Waals surface area contributed by atoms with Crippen LogP contribution in [0.15, 0.2) is 30.6 Å². The number of hydrogen-bond donors (Lipinski definition) is 2. The Morgan fingerprint density at radius 2 is 1.85 bits per heavy atom. The maximum Gasteiger partial charge on any atom is 0.178 e. The molecule has 148 valence electrons. The molecule has 0 aliphatic carbocycles. The maximum atomic E-state index is 12.0. The van der Waals surface area contributed by atoms with Crippen molar-refractivity contribution >= 4 is 11.9 Å². The lowest BCUT2D eigenvalue weighted by molar-refractivity contribution is -0.325. The van der Waals surface area contributed by atoms with Gasteiger partial charge in [0.25, 0.3) is 0 Å². The van der Waals surface area contributed by atoms with E-state index < -0.39 is 29.7 Å². The Labute approximate surface area is 156 Å². The van der Waals surface area contributed by atoms with Crippen molar-refractivity contribution in [2.24, 2.45) is 5.92 Å². The lowest BCUT2D eigenvalue weighted by atomic mass is 9.71. The highest BCUT2D eigenvalue weighted by molar-refractivity contribution is 5.86. The Hall–Kier alpha value is -3.11. The molecule has 1 unspecified atom stereocenters. The molecule has 10 nitrogen and oxygen atoms in total. The summed E-state index contributed by atoms with van der Waals surface area (Å²) in [6.07, 6.45) is 2.03. The van der Waals surface area contributed by atoms with Crippen molar-refractivity contribution in [3.63, 3.8) is 0 Å². The Bertz CT molecular complexity index is 785. The van der Waals surface area contributed by atoms with Crippen molar-refractivity contribution in [3.8, 4) is 17.3 Å². The number of aromatic nitrogens is 3. The Balaban J connectivity index is 0.00000338. The summed E-state index contributed by atoms with van der Waals surface area (Å²) in [7, 11) is 1.32. The van der Waals surface area contributed by atoms with Gasteiger partial charge in [0, 0.05) is 18.6 Å². The van der Waals surface area contributed by atoms with E-state index in [1.54, 1.807) is 32.0 Å². The highest BCUT2D eigenvalue weighted by Gasteiger charge is 2.42. The van der Waals surface area contributed by atoms with Gasteiger partial charge in [-0.1, -0.05) is 19.9 Å². The molecular formula is C17H25N5O5. The van der Waals surface area contributed by atoms with E-state index in [-0.39, 0.29) is 29.6 Å². The zero-order chi connectivity index (χ0) is 18.6. The van der Waals surface area contributed by atoms with Gasteiger partial charge in [0.05, 0.1) is 30.4 Å². The number of pyridine rings is 1. The minimum absolute atomic E-state index is 0. The summed E-state index contributed by atoms with van der Waals surface area (Å²) in [5.74, 6) is -3.55. The molecule has 2 aromatic rings. The molecule has 0 saturated carbocycles. The van der Waals surface area contributed by atoms with E-state index in [1.165, 1.54) is 19.5 Å². The summed E-state index contributed by atoms with van der Waals surface area (Å²) in [5, 5.41) is 23.2. The smallest absolute Gasteiger partial charge is 0.178 e. The van der Waals surface area contributed by atoms with Gasteiger partial charge in [-0.15, -0.1) is 0 Å². The van der Waals surface area contributed by atoms with Gasteiger partial charge in [0.2, 0.25) is 0 Å². The van der Waals surface area contributed by atoms with Crippen molar-refractivity contribution in [1.82, 2.24) is 27.3 Å². The summed E-state index contributed by atoms with van der Waals surface area (Å²) >= 11 is 0. The molecule has 0 aromatic carbocycles. The number of carbonyl (C=O) groups is 2. The fourth-order valence-electron chi connectivity index (χ4n) is 2.65. The molecule has 1 atom stereocenters. The first-order chi connectivity index (χ1) is 11.8. The predicted molar refractivity (Wildman–Crippen MR) is 94.9 cm³/mol. The van der Waals surface area contributed by atoms with Crippen LogP contribution in [0.25, 0.3) is 11.5 Å². The Morgan fingerprint density at radius 1 is 1.19 bits per heavy atom. The largest absolute Gasteiger partial charge is 0.550 e. The number of quaternary nitrogens is 2. The van der Waals surface area contributed by atoms with Gasteiger partial charge < -0.3 is 36.8 Å². The third-order valence-electron chi connectivity index (χ3n) is 4.06. The standard InChI is InChI=1S/C17H19N3O5.2H3N/c1-10(2)17(16(23)24,8-13(21)22)14-12(25-3)9-19-15(20-14)11-6-4-5-7-18-11;;/h4-7,9-10H,8H2,1-3H3,(H,21,22)(H,23,24);2*1H3. The van der Waals surface area contributed by atoms with Crippen molar-refractivity contribution in [1.29, 1.82) is 0 Å². The molecule has 0 fully saturated rings. The van der Waals surface area contributed by atoms with Gasteiger partial charge in [-0.05, 0) is 18.1 Å². The normalized spacial score (nSPS) is 12.3. The number of ether oxygens (including phenoxy) is 1. The predicted octanol–water partition coefficient (Wildman–Crippen LogP) is 0.0833. The van der Waals surface area contributed by atoms with Gasteiger partial charge in [-0.2, -0.15) is 0 Å². The number of methoxy groups -OCH3 is 1. The molecule has 0 saturated heterocycles. The second-order valence-electron chi connectivity index (χ2n) is 5.79. The van der Waals surface area contributed by atoms with Crippen LogP contribution in [0.4, 0.5) is 0 Å². The molecule has 0 aliphatic rings. The molecular weight excluding hydrogens is 354 g/mol. The van der Waals surface area contributed by atoms with E-state index in [0.717, 1.165) is 0 Å². The zero-order valence-electron chi connectivity index (χ0n) is 16.1. The quantitative estimate of drug-likeness (QED) is 0.672. The minimum atomic E-state index is -1.93. The molecule has 10 heteroatoms. The maximum absolute atomic E-state index is 12.0. The van der Waals surface area contributed by atoms with E-state index in [9.17, 15) is 19.8 Å². The number of nitrogens with zero attached hydrogens (tertiary/aromatic N) is 3. The molecule has 27 heavy (non-hydrogen) atoms. The van der Waals surface area contributed by atoms with E-state index in [1.807, 2.05) is 0 Å². The van der Waals surface area contributed by atoms with Crippen LogP contribution in [-0.2, 0) is 15.0 Å². The van der Waals surface area contributed by atoms with E-state index in [2.05, 4.69) is 15.0 Å². The number of aliphatic carboxylic acids is 2. The van der Waals surface area contributed by atoms with E-state index in [4.69, 9.17) is 4.74 Å². The van der Waals surface area contributed by atoms with Crippen molar-refractivity contribution in [3.05, 3.63) is 36.3 Å². The number of rotatable bonds is 7. The van der Waals surface area contributed by atoms with E-state index >= 15 is 0 Å². The molecule has 0 bridgehead atoms. The van der Waals surface area contributed by atoms with Gasteiger partial charge in [-0.3, -0.25) is 4.98 Å². The summed E-state index contributed by atoms with van der Waals surface area (Å²) in [6.45, 7) is 3.14. The van der Waals surface area contributed by atoms with Gasteiger partial charge in [0.1, 0.15) is 5.69 Å². The van der Waals surface area contributed by atoms with Crippen LogP contribution in [0.1, 0.15) is 26.0 Å². The lowest BCUT2D eigenvalue weighted by Crippen LogP contribution is -2.53. The van der Waals surface area contributed by atoms with Gasteiger partial charge in [-0.25, -0.2) is 9.97 Å². The highest BCUT2D eigenvalue weighted by Crippen LogP contribution is 2.39. The molecule has 8 N–H and O–H groups in total. The van der Waals surface area contributed by atoms with Crippen LogP contribution in [0.2, 0.25) is 0 Å². The summed E-state index contributed by atoms with van der Waals surface area (Å²) in [6, 6.07) is 5.09. The average Bonchev–Trinajstić information content (AvgIpc) is 2.59. The third kappa shape index (κ3) is 4.54. The summed E-state index contributed by atoms with van der Waals surface area (Å²) in [4.78, 5) is 35.7. The van der Waals surface area contributed by atoms with Crippen LogP contribution in [0, 0.1) is 5.92 Å². The molecule has 2 heterocycles. The number of carbonyl (C=O) groups excluding carboxylic acids is 2. The third-order valence-corrected chi connectivity index (χ3v) is 4.06. The molecule has 0 aliphatic heterocycles. The molecule has 0 spiro atoms. The SMILES string of the molecule is COc1cnc(-c2ccccn2)nc1C(CC(=O)[O-])(C(=O)[O-])C(C)C.[NH4+].[NH4+]. The zero-order valence-corrected chi connectivity index (χ0v) is 16.1. The van der Waals surface area contributed by atoms with Crippen molar-refractivity contribution < 1.29 is 24.5 Å². The Morgan fingerprint density at radius 3 is 2.30 bits per heavy atom. The molecule has 0 radical (unpaired) electrons. The van der Waals surface area contributed by atoms with E-state index in [0.29, 0.717) is 5.69 Å². The second kappa shape index (κ2) is 9.55. The second-order valence-corrected chi connectivity index (χ2v) is 5.79. The van der Waals surface area contributed by atoms with Gasteiger partial charge in [0.15, 0.2) is 11.6 Å². The fraction of sp³-hybridized carbons (Fsp3) is 0.353. The van der Waals surface area contributed by atoms with Crippen LogP contribution >= 0.6 is 0 Å². The monoisotopic (exact) mass is 379 g/mol. The summed E-state index contributed by atoms with van der Waals surface area (Å²) in [5.41, 5.74) is -1.60. The molecule has 0 amide bonds. The lowest BCUT2D eigenvalue weighted by Gasteiger charge is -2.39. The first-order valence-electron chi connectivity index (χ1n) is 7.57. The number of carboxylic acid groups (broad SMARTS) is 2. The van der Waals surface area contributed by atoms with Crippen LogP contribution in [0.5, 0.6) is 5.75 Å². The highest BCUT2D eigenvalue weighted by atomic mass is 16.5. The number of carboxylic acids is 2. The molecule has 2 aromatic heterocycles. The van der Waals surface area contributed by atoms with Crippen LogP contribution < -0.4 is 27.3 Å². The number of hydrogen-bond acceptors (Lipinski definition) is 8. The molecule has 2 rings (SSSR count).